The number of carbonyl (C=O) groups excluding carboxylic acids is 1. The molecule has 0 bridgehead atoms. The van der Waals surface area contributed by atoms with Crippen LogP contribution in [0.25, 0.3) is 0 Å². The van der Waals surface area contributed by atoms with Gasteiger partial charge in [-0.3, -0.25) is 14.9 Å². The highest BCUT2D eigenvalue weighted by molar-refractivity contribution is 7.98. The number of benzene rings is 1. The molecular weight excluding hydrogens is 280 g/mol. The Morgan fingerprint density at radius 1 is 1.50 bits per heavy atom. The predicted molar refractivity (Wildman–Crippen MR) is 78.1 cm³/mol. The van der Waals surface area contributed by atoms with Crippen LogP contribution in [0.2, 0.25) is 0 Å². The average Bonchev–Trinajstić information content (AvgIpc) is 2.34. The molecule has 20 heavy (non-hydrogen) atoms. The highest BCUT2D eigenvalue weighted by Gasteiger charge is 2.23. The van der Waals surface area contributed by atoms with E-state index in [-0.39, 0.29) is 23.7 Å². The minimum absolute atomic E-state index is 0.0833. The molecule has 6 nitrogen and oxygen atoms in total. The molecule has 0 aliphatic heterocycles. The lowest BCUT2D eigenvalue weighted by atomic mass is 10.1. The molecule has 0 atom stereocenters. The quantitative estimate of drug-likeness (QED) is 0.511. The van der Waals surface area contributed by atoms with Crippen molar-refractivity contribution in [3.05, 3.63) is 33.9 Å². The Labute approximate surface area is 121 Å². The summed E-state index contributed by atoms with van der Waals surface area (Å²) in [6.45, 7) is 3.33. The van der Waals surface area contributed by atoms with Gasteiger partial charge >= 0.3 is 0 Å². The fourth-order valence-electron chi connectivity index (χ4n) is 1.84. The van der Waals surface area contributed by atoms with Gasteiger partial charge in [0.15, 0.2) is 0 Å². The fraction of sp³-hybridized carbons (Fsp3) is 0.462. The lowest BCUT2D eigenvalue weighted by Gasteiger charge is -2.25. The topological polar surface area (TPSA) is 83.7 Å². The van der Waals surface area contributed by atoms with Crippen LogP contribution in [0, 0.1) is 10.1 Å². The van der Waals surface area contributed by atoms with E-state index in [1.54, 1.807) is 39.3 Å². The number of nitro groups is 1. The molecule has 0 heterocycles. The second kappa shape index (κ2) is 6.23. The molecule has 0 saturated heterocycles. The van der Waals surface area contributed by atoms with E-state index >= 15 is 0 Å². The Morgan fingerprint density at radius 3 is 2.55 bits per heavy atom. The van der Waals surface area contributed by atoms with Gasteiger partial charge in [0.05, 0.1) is 15.4 Å². The van der Waals surface area contributed by atoms with E-state index in [9.17, 15) is 20.0 Å². The molecule has 0 unspecified atom stereocenters. The van der Waals surface area contributed by atoms with Crippen molar-refractivity contribution >= 4 is 23.4 Å². The van der Waals surface area contributed by atoms with E-state index in [4.69, 9.17) is 0 Å². The molecule has 110 valence electrons. The summed E-state index contributed by atoms with van der Waals surface area (Å²) in [7, 11) is 1.55. The second-order valence-corrected chi connectivity index (χ2v) is 5.97. The van der Waals surface area contributed by atoms with Crippen molar-refractivity contribution in [2.24, 2.45) is 0 Å². The number of hydrogen-bond acceptors (Lipinski definition) is 5. The molecule has 0 radical (unpaired) electrons. The molecule has 0 spiro atoms. The minimum atomic E-state index is -1.02. The molecular formula is C13H18N2O4S. The summed E-state index contributed by atoms with van der Waals surface area (Å²) in [4.78, 5) is 24.5. The number of rotatable bonds is 5. The van der Waals surface area contributed by atoms with E-state index in [0.717, 1.165) is 0 Å². The monoisotopic (exact) mass is 298 g/mol. The van der Waals surface area contributed by atoms with Gasteiger partial charge in [-0.2, -0.15) is 0 Å². The number of carbonyl (C=O) groups is 1. The van der Waals surface area contributed by atoms with Crippen molar-refractivity contribution < 1.29 is 14.8 Å². The van der Waals surface area contributed by atoms with Crippen molar-refractivity contribution in [2.75, 3.05) is 19.8 Å². The third-order valence-corrected chi connectivity index (χ3v) is 3.38. The number of amides is 1. The van der Waals surface area contributed by atoms with Gasteiger partial charge in [0.1, 0.15) is 0 Å². The number of nitrogens with zero attached hydrogens (tertiary/aromatic N) is 2. The third kappa shape index (κ3) is 4.21. The van der Waals surface area contributed by atoms with Gasteiger partial charge < -0.3 is 10.0 Å². The summed E-state index contributed by atoms with van der Waals surface area (Å²) in [6.07, 6.45) is 1.74. The first-order valence-corrected chi connectivity index (χ1v) is 7.18. The zero-order valence-electron chi connectivity index (χ0n) is 11.9. The van der Waals surface area contributed by atoms with Gasteiger partial charge in [0.2, 0.25) is 0 Å². The van der Waals surface area contributed by atoms with E-state index in [1.807, 2.05) is 0 Å². The standard InChI is InChI=1S/C13H18N2O4S/c1-13(2,17)8-14(3)12(16)9-5-6-11(20-4)10(7-9)15(18)19/h5-7,17H,8H2,1-4H3. The molecule has 1 amide bonds. The van der Waals surface area contributed by atoms with E-state index in [0.29, 0.717) is 4.90 Å². The maximum Gasteiger partial charge on any atom is 0.283 e. The number of thioether (sulfide) groups is 1. The van der Waals surface area contributed by atoms with Crippen molar-refractivity contribution in [1.29, 1.82) is 0 Å². The molecule has 1 aromatic carbocycles. The van der Waals surface area contributed by atoms with Crippen molar-refractivity contribution in [2.45, 2.75) is 24.3 Å². The Kier molecular flexibility index (Phi) is 5.13. The number of likely N-dealkylation sites (N-methyl/N-ethyl adjacent to an activating group) is 1. The Hall–Kier alpha value is -1.60. The van der Waals surface area contributed by atoms with Crippen LogP contribution in [0.15, 0.2) is 23.1 Å². The molecule has 0 aliphatic rings. The van der Waals surface area contributed by atoms with E-state index in [2.05, 4.69) is 0 Å². The van der Waals surface area contributed by atoms with Crippen molar-refractivity contribution in [3.8, 4) is 0 Å². The van der Waals surface area contributed by atoms with E-state index in [1.165, 1.54) is 22.7 Å². The minimum Gasteiger partial charge on any atom is -0.389 e. The fourth-order valence-corrected chi connectivity index (χ4v) is 2.39. The molecule has 1 rings (SSSR count). The largest absolute Gasteiger partial charge is 0.389 e. The van der Waals surface area contributed by atoms with Crippen LogP contribution in [-0.4, -0.2) is 46.3 Å². The molecule has 0 saturated carbocycles. The van der Waals surface area contributed by atoms with Gasteiger partial charge in [-0.15, -0.1) is 11.8 Å². The third-order valence-electron chi connectivity index (χ3n) is 2.59. The summed E-state index contributed by atoms with van der Waals surface area (Å²) in [5, 5.41) is 20.7. The molecule has 1 N–H and O–H groups in total. The highest BCUT2D eigenvalue weighted by atomic mass is 32.2. The lowest BCUT2D eigenvalue weighted by Crippen LogP contribution is -2.39. The Bertz CT molecular complexity index is 526. The van der Waals surface area contributed by atoms with Gasteiger partial charge in [-0.25, -0.2) is 0 Å². The number of hydrogen-bond donors (Lipinski definition) is 1. The van der Waals surface area contributed by atoms with Gasteiger partial charge in [0, 0.05) is 25.2 Å². The molecule has 1 aromatic rings. The maximum atomic E-state index is 12.2. The van der Waals surface area contributed by atoms with Crippen molar-refractivity contribution in [3.63, 3.8) is 0 Å². The van der Waals surface area contributed by atoms with Crippen LogP contribution in [0.5, 0.6) is 0 Å². The summed E-state index contributed by atoms with van der Waals surface area (Å²) >= 11 is 1.26. The molecule has 7 heteroatoms. The van der Waals surface area contributed by atoms with Crippen LogP contribution in [0.3, 0.4) is 0 Å². The van der Waals surface area contributed by atoms with Crippen LogP contribution in [-0.2, 0) is 0 Å². The smallest absolute Gasteiger partial charge is 0.283 e. The van der Waals surface area contributed by atoms with Crippen LogP contribution in [0.4, 0.5) is 5.69 Å². The van der Waals surface area contributed by atoms with Gasteiger partial charge in [0.25, 0.3) is 11.6 Å². The summed E-state index contributed by atoms with van der Waals surface area (Å²) in [6, 6.07) is 4.39. The predicted octanol–water partition coefficient (Wildman–Crippen LogP) is 2.16. The van der Waals surface area contributed by atoms with E-state index < -0.39 is 10.5 Å². The SMILES string of the molecule is CSc1ccc(C(=O)N(C)CC(C)(C)O)cc1[N+](=O)[O-]. The first-order chi connectivity index (χ1) is 9.15. The lowest BCUT2D eigenvalue weighted by molar-refractivity contribution is -0.387. The molecule has 0 aromatic heterocycles. The van der Waals surface area contributed by atoms with Crippen LogP contribution >= 0.6 is 11.8 Å². The zero-order valence-corrected chi connectivity index (χ0v) is 12.7. The van der Waals surface area contributed by atoms with Crippen LogP contribution < -0.4 is 0 Å². The summed E-state index contributed by atoms with van der Waals surface area (Å²) in [5.74, 6) is -0.358. The average molecular weight is 298 g/mol. The zero-order chi connectivity index (χ0) is 15.5. The maximum absolute atomic E-state index is 12.2. The number of aliphatic hydroxyl groups is 1. The first-order valence-electron chi connectivity index (χ1n) is 5.96. The molecule has 0 fully saturated rings. The molecule has 0 aliphatic carbocycles. The second-order valence-electron chi connectivity index (χ2n) is 5.12. The van der Waals surface area contributed by atoms with Crippen LogP contribution in [0.1, 0.15) is 24.2 Å². The number of nitro benzene ring substituents is 1. The normalized spacial score (nSPS) is 11.2. The first kappa shape index (κ1) is 16.5. The Balaban J connectivity index is 3.05. The Morgan fingerprint density at radius 2 is 2.10 bits per heavy atom. The van der Waals surface area contributed by atoms with Gasteiger partial charge in [-0.1, -0.05) is 0 Å². The summed E-state index contributed by atoms with van der Waals surface area (Å²) < 4.78 is 0. The highest BCUT2D eigenvalue weighted by Crippen LogP contribution is 2.28. The van der Waals surface area contributed by atoms with Gasteiger partial charge in [-0.05, 0) is 32.2 Å². The summed E-state index contributed by atoms with van der Waals surface area (Å²) in [5.41, 5.74) is -0.864. The van der Waals surface area contributed by atoms with Crippen molar-refractivity contribution in [1.82, 2.24) is 4.90 Å².